The third kappa shape index (κ3) is 7.14. The summed E-state index contributed by atoms with van der Waals surface area (Å²) in [5.74, 6) is 2.58. The highest BCUT2D eigenvalue weighted by atomic mass is 127. The van der Waals surface area contributed by atoms with E-state index < -0.39 is 10.0 Å². The van der Waals surface area contributed by atoms with Crippen LogP contribution < -0.4 is 10.6 Å². The van der Waals surface area contributed by atoms with Crippen molar-refractivity contribution in [1.82, 2.24) is 29.7 Å². The molecular weight excluding hydrogens is 493 g/mol. The van der Waals surface area contributed by atoms with E-state index in [0.717, 1.165) is 49.8 Å². The zero-order chi connectivity index (χ0) is 19.9. The molecule has 0 bridgehead atoms. The lowest BCUT2D eigenvalue weighted by Gasteiger charge is -2.32. The Kier molecular flexibility index (Phi) is 10.7. The van der Waals surface area contributed by atoms with Gasteiger partial charge in [0.25, 0.3) is 0 Å². The zero-order valence-corrected chi connectivity index (χ0v) is 20.5. The number of unbranched alkanes of at least 4 members (excludes halogenated alkanes) is 1. The second kappa shape index (κ2) is 11.9. The lowest BCUT2D eigenvalue weighted by molar-refractivity contribution is 0.306. The van der Waals surface area contributed by atoms with Crippen LogP contribution >= 0.6 is 24.0 Å². The van der Waals surface area contributed by atoms with Gasteiger partial charge < -0.3 is 15.2 Å². The van der Waals surface area contributed by atoms with Crippen molar-refractivity contribution < 1.29 is 8.42 Å². The molecule has 0 aromatic carbocycles. The molecule has 0 radical (unpaired) electrons. The first-order valence-electron chi connectivity index (χ1n) is 9.75. The molecule has 1 saturated heterocycles. The van der Waals surface area contributed by atoms with Gasteiger partial charge in [-0.15, -0.1) is 34.2 Å². The number of nitrogens with one attached hydrogen (secondary N) is 2. The van der Waals surface area contributed by atoms with E-state index in [0.29, 0.717) is 19.6 Å². The standard InChI is InChI=1S/C17H33N7O2S.HI/c1-5-7-10-18-17(19-13-16-22-21-14(3)23(16)4)20-15-8-11-24(12-9-15)27(25,26)6-2;/h15H,5-13H2,1-4H3,(H2,18,19,20);1H. The molecule has 162 valence electrons. The molecule has 0 atom stereocenters. The van der Waals surface area contributed by atoms with E-state index in [-0.39, 0.29) is 35.8 Å². The normalized spacial score (nSPS) is 16.6. The fourth-order valence-corrected chi connectivity index (χ4v) is 4.06. The van der Waals surface area contributed by atoms with Gasteiger partial charge in [-0.25, -0.2) is 17.7 Å². The minimum absolute atomic E-state index is 0. The number of nitrogens with zero attached hydrogens (tertiary/aromatic N) is 5. The van der Waals surface area contributed by atoms with E-state index in [1.54, 1.807) is 11.2 Å². The molecule has 0 aliphatic carbocycles. The van der Waals surface area contributed by atoms with Crippen LogP contribution in [0.4, 0.5) is 0 Å². The molecular formula is C17H34IN7O2S. The van der Waals surface area contributed by atoms with Crippen LogP contribution in [0.25, 0.3) is 0 Å². The van der Waals surface area contributed by atoms with Crippen LogP contribution in [0.15, 0.2) is 4.99 Å². The minimum Gasteiger partial charge on any atom is -0.356 e. The first-order chi connectivity index (χ1) is 12.9. The predicted molar refractivity (Wildman–Crippen MR) is 122 cm³/mol. The molecule has 0 unspecified atom stereocenters. The molecule has 1 aliphatic rings. The number of halogens is 1. The SMILES string of the molecule is CCCCNC(=NCc1nnc(C)n1C)NC1CCN(S(=O)(=O)CC)CC1.I. The van der Waals surface area contributed by atoms with E-state index in [1.807, 2.05) is 18.5 Å². The summed E-state index contributed by atoms with van der Waals surface area (Å²) in [4.78, 5) is 4.66. The Morgan fingerprint density at radius 1 is 1.25 bits per heavy atom. The van der Waals surface area contributed by atoms with Gasteiger partial charge in [-0.05, 0) is 33.1 Å². The number of aliphatic imine (C=N–C) groups is 1. The van der Waals surface area contributed by atoms with Crippen LogP contribution in [-0.2, 0) is 23.6 Å². The maximum Gasteiger partial charge on any atom is 0.213 e. The topological polar surface area (TPSA) is 105 Å². The van der Waals surface area contributed by atoms with Gasteiger partial charge in [0.05, 0.1) is 5.75 Å². The van der Waals surface area contributed by atoms with Gasteiger partial charge in [-0.1, -0.05) is 13.3 Å². The van der Waals surface area contributed by atoms with Crippen molar-refractivity contribution >= 4 is 40.0 Å². The van der Waals surface area contributed by atoms with Crippen LogP contribution in [0, 0.1) is 6.92 Å². The second-order valence-electron chi connectivity index (χ2n) is 6.89. The quantitative estimate of drug-likeness (QED) is 0.229. The molecule has 11 heteroatoms. The third-order valence-corrected chi connectivity index (χ3v) is 6.82. The number of hydrogen-bond donors (Lipinski definition) is 2. The van der Waals surface area contributed by atoms with E-state index >= 15 is 0 Å². The van der Waals surface area contributed by atoms with Crippen molar-refractivity contribution in [1.29, 1.82) is 0 Å². The summed E-state index contributed by atoms with van der Waals surface area (Å²) in [6, 6.07) is 0.211. The Labute approximate surface area is 185 Å². The lowest BCUT2D eigenvalue weighted by Crippen LogP contribution is -2.50. The van der Waals surface area contributed by atoms with Gasteiger partial charge in [0.15, 0.2) is 11.8 Å². The van der Waals surface area contributed by atoms with E-state index in [2.05, 4.69) is 32.7 Å². The molecule has 0 spiro atoms. The number of rotatable bonds is 8. The molecule has 1 aromatic heterocycles. The maximum atomic E-state index is 12.0. The Bertz CT molecular complexity index is 728. The first-order valence-corrected chi connectivity index (χ1v) is 11.4. The molecule has 2 heterocycles. The summed E-state index contributed by atoms with van der Waals surface area (Å²) in [5, 5.41) is 15.0. The summed E-state index contributed by atoms with van der Waals surface area (Å²) in [5.41, 5.74) is 0. The Morgan fingerprint density at radius 2 is 1.93 bits per heavy atom. The monoisotopic (exact) mass is 527 g/mol. The van der Waals surface area contributed by atoms with Crippen LogP contribution in [0.5, 0.6) is 0 Å². The summed E-state index contributed by atoms with van der Waals surface area (Å²) < 4.78 is 27.5. The predicted octanol–water partition coefficient (Wildman–Crippen LogP) is 1.39. The van der Waals surface area contributed by atoms with Crippen LogP contribution in [0.1, 0.15) is 51.2 Å². The zero-order valence-electron chi connectivity index (χ0n) is 17.3. The summed E-state index contributed by atoms with van der Waals surface area (Å²) in [6.45, 7) is 8.16. The Balaban J connectivity index is 0.00000392. The number of aryl methyl sites for hydroxylation is 1. The number of guanidine groups is 1. The van der Waals surface area contributed by atoms with E-state index in [9.17, 15) is 8.42 Å². The van der Waals surface area contributed by atoms with Crippen molar-refractivity contribution in [2.45, 2.75) is 59.0 Å². The van der Waals surface area contributed by atoms with Crippen LogP contribution in [0.2, 0.25) is 0 Å². The smallest absolute Gasteiger partial charge is 0.213 e. The molecule has 0 saturated carbocycles. The van der Waals surface area contributed by atoms with Gasteiger partial charge in [0, 0.05) is 32.7 Å². The van der Waals surface area contributed by atoms with Crippen molar-refractivity contribution in [3.63, 3.8) is 0 Å². The van der Waals surface area contributed by atoms with Crippen LogP contribution in [-0.4, -0.2) is 64.9 Å². The van der Waals surface area contributed by atoms with Crippen molar-refractivity contribution in [2.24, 2.45) is 12.0 Å². The van der Waals surface area contributed by atoms with Crippen LogP contribution in [0.3, 0.4) is 0 Å². The molecule has 2 N–H and O–H groups in total. The van der Waals surface area contributed by atoms with Crippen molar-refractivity contribution in [2.75, 3.05) is 25.4 Å². The fraction of sp³-hybridized carbons (Fsp3) is 0.824. The molecule has 9 nitrogen and oxygen atoms in total. The molecule has 28 heavy (non-hydrogen) atoms. The second-order valence-corrected chi connectivity index (χ2v) is 9.14. The number of piperidine rings is 1. The highest BCUT2D eigenvalue weighted by molar-refractivity contribution is 14.0. The minimum atomic E-state index is -3.10. The Hall–Kier alpha value is -0.950. The molecule has 2 rings (SSSR count). The maximum absolute atomic E-state index is 12.0. The van der Waals surface area contributed by atoms with Gasteiger partial charge >= 0.3 is 0 Å². The molecule has 0 amide bonds. The van der Waals surface area contributed by atoms with E-state index in [1.165, 1.54) is 0 Å². The lowest BCUT2D eigenvalue weighted by atomic mass is 10.1. The van der Waals surface area contributed by atoms with Gasteiger partial charge in [-0.2, -0.15) is 0 Å². The van der Waals surface area contributed by atoms with Crippen molar-refractivity contribution in [3.05, 3.63) is 11.6 Å². The van der Waals surface area contributed by atoms with Crippen molar-refractivity contribution in [3.8, 4) is 0 Å². The number of sulfonamides is 1. The summed E-state index contributed by atoms with van der Waals surface area (Å²) in [7, 11) is -1.17. The van der Waals surface area contributed by atoms with Gasteiger partial charge in [0.1, 0.15) is 12.4 Å². The van der Waals surface area contributed by atoms with Gasteiger partial charge in [-0.3, -0.25) is 0 Å². The average Bonchev–Trinajstić information content (AvgIpc) is 2.98. The summed E-state index contributed by atoms with van der Waals surface area (Å²) >= 11 is 0. The number of aromatic nitrogens is 3. The van der Waals surface area contributed by atoms with Gasteiger partial charge in [0.2, 0.25) is 10.0 Å². The average molecular weight is 527 g/mol. The highest BCUT2D eigenvalue weighted by Crippen LogP contribution is 2.14. The first kappa shape index (κ1) is 25.1. The highest BCUT2D eigenvalue weighted by Gasteiger charge is 2.27. The third-order valence-electron chi connectivity index (χ3n) is 4.94. The van der Waals surface area contributed by atoms with E-state index in [4.69, 9.17) is 0 Å². The Morgan fingerprint density at radius 3 is 2.46 bits per heavy atom. The fourth-order valence-electron chi connectivity index (χ4n) is 2.93. The largest absolute Gasteiger partial charge is 0.356 e. The molecule has 1 aromatic rings. The summed E-state index contributed by atoms with van der Waals surface area (Å²) in [6.07, 6.45) is 3.72. The molecule has 1 aliphatic heterocycles. The number of hydrogen-bond acceptors (Lipinski definition) is 5. The molecule has 1 fully saturated rings.